The first-order chi connectivity index (χ1) is 11.8. The van der Waals surface area contributed by atoms with Crippen LogP contribution in [0.2, 0.25) is 0 Å². The van der Waals surface area contributed by atoms with E-state index < -0.39 is 10.8 Å². The third-order valence-electron chi connectivity index (χ3n) is 3.14. The van der Waals surface area contributed by atoms with E-state index in [1.54, 1.807) is 20.0 Å². The summed E-state index contributed by atoms with van der Waals surface area (Å²) in [5, 5.41) is 15.1. The van der Waals surface area contributed by atoms with Crippen molar-refractivity contribution in [2.75, 3.05) is 0 Å². The zero-order chi connectivity index (χ0) is 19.0. The third-order valence-corrected chi connectivity index (χ3v) is 3.14. The molecule has 0 saturated carbocycles. The Morgan fingerprint density at radius 1 is 1.52 bits per heavy atom. The first-order valence-electron chi connectivity index (χ1n) is 7.68. The summed E-state index contributed by atoms with van der Waals surface area (Å²) in [4.78, 5) is 26.3. The van der Waals surface area contributed by atoms with Gasteiger partial charge in [0.1, 0.15) is 5.69 Å². The molecule has 0 spiro atoms. The van der Waals surface area contributed by atoms with Crippen LogP contribution in [0.4, 0.5) is 5.69 Å². The Balaban J connectivity index is 3.23. The number of rotatable bonds is 7. The number of hydrogen-bond donors (Lipinski definition) is 1. The molecular weight excluding hydrogens is 322 g/mol. The van der Waals surface area contributed by atoms with Crippen LogP contribution in [0.1, 0.15) is 43.4 Å². The number of amides is 1. The van der Waals surface area contributed by atoms with Gasteiger partial charge in [-0.2, -0.15) is 5.10 Å². The summed E-state index contributed by atoms with van der Waals surface area (Å²) in [6, 6.07) is 0. The van der Waals surface area contributed by atoms with Crippen LogP contribution >= 0.6 is 0 Å². The molecular formula is C17H21N5O3. The number of aromatic nitrogens is 2. The van der Waals surface area contributed by atoms with Crippen LogP contribution in [0.5, 0.6) is 0 Å². The molecule has 8 heteroatoms. The molecule has 1 amide bonds. The number of aryl methyl sites for hydroxylation is 2. The van der Waals surface area contributed by atoms with E-state index in [9.17, 15) is 14.9 Å². The Morgan fingerprint density at radius 2 is 2.20 bits per heavy atom. The number of hydrogen-bond acceptors (Lipinski definition) is 5. The summed E-state index contributed by atoms with van der Waals surface area (Å²) in [7, 11) is 1.64. The first-order valence-corrected chi connectivity index (χ1v) is 7.68. The van der Waals surface area contributed by atoms with Gasteiger partial charge >= 0.3 is 5.70 Å². The molecule has 1 aromatic heterocycles. The van der Waals surface area contributed by atoms with Gasteiger partial charge in [0, 0.05) is 24.8 Å². The maximum atomic E-state index is 11.7. The van der Waals surface area contributed by atoms with Gasteiger partial charge < -0.3 is 5.73 Å². The number of allylic oxidation sites excluding steroid dienone is 4. The van der Waals surface area contributed by atoms with Gasteiger partial charge in [0.2, 0.25) is 0 Å². The van der Waals surface area contributed by atoms with Crippen molar-refractivity contribution in [3.8, 4) is 11.8 Å². The van der Waals surface area contributed by atoms with Crippen LogP contribution in [0.15, 0.2) is 28.9 Å². The lowest BCUT2D eigenvalue weighted by Crippen LogP contribution is -2.16. The average Bonchev–Trinajstić information content (AvgIpc) is 2.82. The van der Waals surface area contributed by atoms with Crippen molar-refractivity contribution in [2.45, 2.75) is 33.6 Å². The maximum absolute atomic E-state index is 11.7. The minimum atomic E-state index is -0.610. The Morgan fingerprint density at radius 3 is 2.72 bits per heavy atom. The number of nitrogens with zero attached hydrogens (tertiary/aromatic N) is 4. The van der Waals surface area contributed by atoms with E-state index in [0.29, 0.717) is 23.5 Å². The van der Waals surface area contributed by atoms with Crippen LogP contribution in [-0.4, -0.2) is 26.3 Å². The molecule has 1 aromatic rings. The fourth-order valence-electron chi connectivity index (χ4n) is 2.14. The lowest BCUT2D eigenvalue weighted by atomic mass is 10.2. The number of carbonyl (C=O) groups excluding carboxylic acids is 1. The smallest absolute Gasteiger partial charge is 0.319 e. The van der Waals surface area contributed by atoms with E-state index in [1.807, 2.05) is 6.92 Å². The third kappa shape index (κ3) is 5.42. The van der Waals surface area contributed by atoms with Crippen LogP contribution < -0.4 is 5.73 Å². The molecule has 2 N–H and O–H groups in total. The van der Waals surface area contributed by atoms with Crippen molar-refractivity contribution in [3.05, 3.63) is 45.4 Å². The topological polar surface area (TPSA) is 116 Å². The number of primary amides is 1. The van der Waals surface area contributed by atoms with E-state index in [4.69, 9.17) is 5.73 Å². The predicted octanol–water partition coefficient (Wildman–Crippen LogP) is 2.30. The molecule has 8 nitrogen and oxygen atoms in total. The summed E-state index contributed by atoms with van der Waals surface area (Å²) in [6.07, 6.45) is 5.88. The van der Waals surface area contributed by atoms with Gasteiger partial charge in [-0.05, 0) is 26.3 Å². The number of nitro groups is 1. The van der Waals surface area contributed by atoms with E-state index in [2.05, 4.69) is 21.9 Å². The van der Waals surface area contributed by atoms with Crippen LogP contribution in [0, 0.1) is 22.0 Å². The fraction of sp³-hybridized carbons (Fsp3) is 0.353. The molecule has 0 bridgehead atoms. The quantitative estimate of drug-likeness (QED) is 0.269. The largest absolute Gasteiger partial charge is 0.364 e. The molecule has 0 aliphatic carbocycles. The molecule has 0 aliphatic heterocycles. The standard InChI is InChI=1S/C17H21N5O3/c1-5-8-13(22(24)25)11-7-10-12(3)19-15-14(9-6-2)20-21(4)16(15)17(18)23/h7,10-11H,6,9H2,1-4H3,(H2,18,23)/b10-7-,13-11+,19-12?. The van der Waals surface area contributed by atoms with Crippen LogP contribution in [0.3, 0.4) is 0 Å². The molecule has 1 rings (SSSR count). The summed E-state index contributed by atoms with van der Waals surface area (Å²) >= 11 is 0. The van der Waals surface area contributed by atoms with Gasteiger partial charge in [-0.25, -0.2) is 4.99 Å². The Bertz CT molecular complexity index is 819. The minimum Gasteiger partial charge on any atom is -0.364 e. The summed E-state index contributed by atoms with van der Waals surface area (Å²) < 4.78 is 1.42. The zero-order valence-corrected chi connectivity index (χ0v) is 14.7. The highest BCUT2D eigenvalue weighted by Crippen LogP contribution is 2.25. The SMILES string of the molecule is CC#C/C(=C\C=C/C(C)=Nc1c(CCC)nn(C)c1C(N)=O)[N+](=O)[O-]. The van der Waals surface area contributed by atoms with Gasteiger partial charge in [-0.3, -0.25) is 19.6 Å². The van der Waals surface area contributed by atoms with Gasteiger partial charge in [0.25, 0.3) is 5.91 Å². The van der Waals surface area contributed by atoms with Gasteiger partial charge in [-0.1, -0.05) is 25.3 Å². The predicted molar refractivity (Wildman–Crippen MR) is 96.2 cm³/mol. The summed E-state index contributed by atoms with van der Waals surface area (Å²) in [6.45, 7) is 5.24. The molecule has 0 aliphatic rings. The Hall–Kier alpha value is -3.21. The fourth-order valence-corrected chi connectivity index (χ4v) is 2.14. The zero-order valence-electron chi connectivity index (χ0n) is 14.7. The summed E-state index contributed by atoms with van der Waals surface area (Å²) in [5.74, 6) is 4.28. The minimum absolute atomic E-state index is 0.211. The van der Waals surface area contributed by atoms with E-state index in [0.717, 1.165) is 6.42 Å². The highest BCUT2D eigenvalue weighted by molar-refractivity contribution is 6.00. The Labute approximate surface area is 146 Å². The monoisotopic (exact) mass is 343 g/mol. The molecule has 25 heavy (non-hydrogen) atoms. The molecule has 0 unspecified atom stereocenters. The van der Waals surface area contributed by atoms with Crippen molar-refractivity contribution < 1.29 is 9.72 Å². The highest BCUT2D eigenvalue weighted by Gasteiger charge is 2.19. The molecule has 0 radical (unpaired) electrons. The Kier molecular flexibility index (Phi) is 7.28. The van der Waals surface area contributed by atoms with Crippen LogP contribution in [-0.2, 0) is 13.5 Å². The number of nitrogens with two attached hydrogens (primary N) is 1. The summed E-state index contributed by atoms with van der Waals surface area (Å²) in [5.41, 5.74) is 7.11. The lowest BCUT2D eigenvalue weighted by Gasteiger charge is -2.00. The van der Waals surface area contributed by atoms with Crippen molar-refractivity contribution in [1.82, 2.24) is 9.78 Å². The molecule has 0 aromatic carbocycles. The van der Waals surface area contributed by atoms with E-state index in [1.165, 1.54) is 23.8 Å². The highest BCUT2D eigenvalue weighted by atomic mass is 16.6. The molecule has 0 atom stereocenters. The normalized spacial score (nSPS) is 12.2. The van der Waals surface area contributed by atoms with Gasteiger partial charge in [-0.15, -0.1) is 0 Å². The number of carbonyl (C=O) groups is 1. The first kappa shape index (κ1) is 19.8. The maximum Gasteiger partial charge on any atom is 0.319 e. The van der Waals surface area contributed by atoms with E-state index >= 15 is 0 Å². The second-order valence-corrected chi connectivity index (χ2v) is 5.18. The van der Waals surface area contributed by atoms with Crippen molar-refractivity contribution in [2.24, 2.45) is 17.8 Å². The molecule has 1 heterocycles. The van der Waals surface area contributed by atoms with Crippen molar-refractivity contribution in [1.29, 1.82) is 0 Å². The second-order valence-electron chi connectivity index (χ2n) is 5.18. The van der Waals surface area contributed by atoms with Gasteiger partial charge in [0.05, 0.1) is 10.6 Å². The van der Waals surface area contributed by atoms with Crippen molar-refractivity contribution >= 4 is 17.3 Å². The van der Waals surface area contributed by atoms with Crippen molar-refractivity contribution in [3.63, 3.8) is 0 Å². The second kappa shape index (κ2) is 9.17. The lowest BCUT2D eigenvalue weighted by molar-refractivity contribution is -0.417. The van der Waals surface area contributed by atoms with E-state index in [-0.39, 0.29) is 11.4 Å². The molecule has 132 valence electrons. The molecule has 0 fully saturated rings. The molecule has 0 saturated heterocycles. The van der Waals surface area contributed by atoms with Gasteiger partial charge in [0.15, 0.2) is 5.69 Å². The number of aliphatic imine (C=N–C) groups is 1. The average molecular weight is 343 g/mol. The van der Waals surface area contributed by atoms with Crippen LogP contribution in [0.25, 0.3) is 0 Å².